The van der Waals surface area contributed by atoms with Gasteiger partial charge >= 0.3 is 0 Å². The molecular weight excluding hydrogens is 295 g/mol. The molecule has 0 fully saturated rings. The first-order valence-corrected chi connectivity index (χ1v) is 7.49. The molecule has 0 saturated carbocycles. The van der Waals surface area contributed by atoms with E-state index in [-0.39, 0.29) is 10.9 Å². The van der Waals surface area contributed by atoms with Crippen LogP contribution in [0.3, 0.4) is 0 Å². The Bertz CT molecular complexity index is 631. The Morgan fingerprint density at radius 1 is 1.10 bits per heavy atom. The van der Waals surface area contributed by atoms with Crippen LogP contribution in [-0.4, -0.2) is 6.54 Å². The van der Waals surface area contributed by atoms with E-state index in [1.807, 2.05) is 13.8 Å². The fraction of sp³-hybridized carbons (Fsp3) is 0.250. The Hall–Kier alpha value is -1.46. The summed E-state index contributed by atoms with van der Waals surface area (Å²) >= 11 is 0.974. The summed E-state index contributed by atoms with van der Waals surface area (Å²) in [5, 5.41) is 3.21. The molecule has 112 valence electrons. The zero-order valence-electron chi connectivity index (χ0n) is 11.8. The lowest BCUT2D eigenvalue weighted by atomic mass is 10.1. The van der Waals surface area contributed by atoms with E-state index in [1.165, 1.54) is 18.2 Å². The molecule has 21 heavy (non-hydrogen) atoms. The van der Waals surface area contributed by atoms with Gasteiger partial charge in [0, 0.05) is 17.0 Å². The Balaban J connectivity index is 2.38. The molecule has 0 aliphatic heterocycles. The summed E-state index contributed by atoms with van der Waals surface area (Å²) in [7, 11) is 0. The summed E-state index contributed by atoms with van der Waals surface area (Å²) in [6, 6.07) is 8.01. The van der Waals surface area contributed by atoms with Crippen molar-refractivity contribution in [1.29, 1.82) is 0 Å². The molecule has 1 N–H and O–H groups in total. The lowest BCUT2D eigenvalue weighted by Gasteiger charge is -2.17. The first-order valence-electron chi connectivity index (χ1n) is 6.67. The smallest absolute Gasteiger partial charge is 0.140 e. The number of rotatable bonds is 5. The summed E-state index contributed by atoms with van der Waals surface area (Å²) < 4.78 is 40.8. The molecule has 0 saturated heterocycles. The number of halogens is 3. The summed E-state index contributed by atoms with van der Waals surface area (Å²) in [6.07, 6.45) is 0. The number of hydrogen-bond donors (Lipinski definition) is 1. The van der Waals surface area contributed by atoms with Crippen molar-refractivity contribution < 1.29 is 13.2 Å². The van der Waals surface area contributed by atoms with E-state index in [9.17, 15) is 13.2 Å². The average Bonchev–Trinajstić information content (AvgIpc) is 2.43. The molecular formula is C16H16F3NS. The highest BCUT2D eigenvalue weighted by atomic mass is 32.2. The first kappa shape index (κ1) is 15.9. The van der Waals surface area contributed by atoms with Crippen LogP contribution in [0.2, 0.25) is 0 Å². The minimum Gasteiger partial charge on any atom is -0.310 e. The van der Waals surface area contributed by atoms with E-state index >= 15 is 0 Å². The summed E-state index contributed by atoms with van der Waals surface area (Å²) in [5.74, 6) is -1.75. The van der Waals surface area contributed by atoms with Gasteiger partial charge in [0.2, 0.25) is 0 Å². The predicted octanol–water partition coefficient (Wildman–Crippen LogP) is 4.93. The number of hydrogen-bond acceptors (Lipinski definition) is 2. The van der Waals surface area contributed by atoms with E-state index in [1.54, 1.807) is 12.1 Å². The van der Waals surface area contributed by atoms with Gasteiger partial charge in [-0.25, -0.2) is 13.2 Å². The Kier molecular flexibility index (Phi) is 5.31. The van der Waals surface area contributed by atoms with Crippen molar-refractivity contribution in [3.8, 4) is 0 Å². The van der Waals surface area contributed by atoms with Gasteiger partial charge in [0.15, 0.2) is 0 Å². The number of benzene rings is 2. The lowest BCUT2D eigenvalue weighted by molar-refractivity contribution is 0.555. The van der Waals surface area contributed by atoms with Crippen molar-refractivity contribution in [2.45, 2.75) is 29.7 Å². The van der Waals surface area contributed by atoms with Crippen molar-refractivity contribution in [3.05, 3.63) is 59.4 Å². The van der Waals surface area contributed by atoms with E-state index in [4.69, 9.17) is 0 Å². The molecule has 0 spiro atoms. The van der Waals surface area contributed by atoms with Crippen LogP contribution >= 0.6 is 11.8 Å². The van der Waals surface area contributed by atoms with Crippen LogP contribution in [0, 0.1) is 17.5 Å². The van der Waals surface area contributed by atoms with Crippen molar-refractivity contribution in [2.75, 3.05) is 6.54 Å². The summed E-state index contributed by atoms with van der Waals surface area (Å²) in [5.41, 5.74) is 0.755. The molecule has 5 heteroatoms. The SMILES string of the molecule is CCNC(C)c1cccc(F)c1Sc1ccc(F)cc1F. The average molecular weight is 311 g/mol. The molecule has 1 nitrogen and oxygen atoms in total. The van der Waals surface area contributed by atoms with E-state index in [2.05, 4.69) is 5.32 Å². The van der Waals surface area contributed by atoms with Crippen LogP contribution in [0.25, 0.3) is 0 Å². The van der Waals surface area contributed by atoms with Crippen molar-refractivity contribution in [2.24, 2.45) is 0 Å². The maximum absolute atomic E-state index is 14.1. The third-order valence-corrected chi connectivity index (χ3v) is 4.27. The van der Waals surface area contributed by atoms with Crippen molar-refractivity contribution in [3.63, 3.8) is 0 Å². The third kappa shape index (κ3) is 3.80. The zero-order chi connectivity index (χ0) is 15.4. The van der Waals surface area contributed by atoms with Crippen LogP contribution in [-0.2, 0) is 0 Å². The second kappa shape index (κ2) is 7.00. The molecule has 0 heterocycles. The first-order chi connectivity index (χ1) is 10.0. The maximum atomic E-state index is 14.1. The standard InChI is InChI=1S/C16H16F3NS/c1-3-20-10(2)12-5-4-6-13(18)16(12)21-15-8-7-11(17)9-14(15)19/h4-10,20H,3H2,1-2H3. The molecule has 2 aromatic rings. The van der Waals surface area contributed by atoms with E-state index in [0.717, 1.165) is 29.9 Å². The molecule has 0 radical (unpaired) electrons. The minimum absolute atomic E-state index is 0.0586. The van der Waals surface area contributed by atoms with Gasteiger partial charge in [-0.3, -0.25) is 0 Å². The zero-order valence-corrected chi connectivity index (χ0v) is 12.6. The monoisotopic (exact) mass is 311 g/mol. The summed E-state index contributed by atoms with van der Waals surface area (Å²) in [4.78, 5) is 0.558. The van der Waals surface area contributed by atoms with Crippen molar-refractivity contribution in [1.82, 2.24) is 5.32 Å². The lowest BCUT2D eigenvalue weighted by Crippen LogP contribution is -2.18. The van der Waals surface area contributed by atoms with Gasteiger partial charge < -0.3 is 5.32 Å². The number of nitrogens with one attached hydrogen (secondary N) is 1. The molecule has 0 aliphatic rings. The fourth-order valence-electron chi connectivity index (χ4n) is 2.06. The van der Waals surface area contributed by atoms with Crippen LogP contribution in [0.5, 0.6) is 0 Å². The van der Waals surface area contributed by atoms with Gasteiger partial charge in [-0.15, -0.1) is 0 Å². The van der Waals surface area contributed by atoms with Gasteiger partial charge in [-0.1, -0.05) is 30.8 Å². The largest absolute Gasteiger partial charge is 0.310 e. The van der Waals surface area contributed by atoms with Crippen LogP contribution < -0.4 is 5.32 Å². The fourth-order valence-corrected chi connectivity index (χ4v) is 3.10. The van der Waals surface area contributed by atoms with Gasteiger partial charge in [-0.05, 0) is 37.2 Å². The highest BCUT2D eigenvalue weighted by Gasteiger charge is 2.16. The Morgan fingerprint density at radius 2 is 1.86 bits per heavy atom. The van der Waals surface area contributed by atoms with Crippen molar-refractivity contribution >= 4 is 11.8 Å². The van der Waals surface area contributed by atoms with Gasteiger partial charge in [-0.2, -0.15) is 0 Å². The van der Waals surface area contributed by atoms with E-state index in [0.29, 0.717) is 4.90 Å². The topological polar surface area (TPSA) is 12.0 Å². The molecule has 2 aromatic carbocycles. The maximum Gasteiger partial charge on any atom is 0.140 e. The van der Waals surface area contributed by atoms with Gasteiger partial charge in [0.1, 0.15) is 17.5 Å². The van der Waals surface area contributed by atoms with Gasteiger partial charge in [0.25, 0.3) is 0 Å². The molecule has 1 atom stereocenters. The Morgan fingerprint density at radius 3 is 2.52 bits per heavy atom. The second-order valence-electron chi connectivity index (χ2n) is 4.61. The molecule has 0 bridgehead atoms. The Labute approximate surface area is 126 Å². The normalized spacial score (nSPS) is 12.4. The highest BCUT2D eigenvalue weighted by Crippen LogP contribution is 2.36. The molecule has 0 aliphatic carbocycles. The summed E-state index contributed by atoms with van der Waals surface area (Å²) in [6.45, 7) is 4.62. The van der Waals surface area contributed by atoms with Gasteiger partial charge in [0.05, 0.1) is 4.90 Å². The third-order valence-electron chi connectivity index (χ3n) is 3.08. The minimum atomic E-state index is -0.690. The molecule has 2 rings (SSSR count). The van der Waals surface area contributed by atoms with Crippen LogP contribution in [0.1, 0.15) is 25.5 Å². The molecule has 0 amide bonds. The van der Waals surface area contributed by atoms with Crippen LogP contribution in [0.4, 0.5) is 13.2 Å². The predicted molar refractivity (Wildman–Crippen MR) is 79.0 cm³/mol. The molecule has 0 aromatic heterocycles. The highest BCUT2D eigenvalue weighted by molar-refractivity contribution is 7.99. The van der Waals surface area contributed by atoms with Crippen LogP contribution in [0.15, 0.2) is 46.2 Å². The second-order valence-corrected chi connectivity index (χ2v) is 5.67. The van der Waals surface area contributed by atoms with E-state index < -0.39 is 17.5 Å². The molecule has 1 unspecified atom stereocenters. The quantitative estimate of drug-likeness (QED) is 0.840.